The van der Waals surface area contributed by atoms with E-state index in [1.807, 2.05) is 0 Å². The Hall–Kier alpha value is 3.54. The molecule has 0 aromatic heterocycles. The molecule has 0 spiro atoms. The molecule has 0 radical (unpaired) electrons. The number of hydrogen-bond acceptors (Lipinski definition) is 8. The first kappa shape index (κ1) is 36.0. The van der Waals surface area contributed by atoms with Crippen molar-refractivity contribution in [3.63, 3.8) is 0 Å². The van der Waals surface area contributed by atoms with Crippen LogP contribution >= 0.6 is 0 Å². The molecule has 0 saturated carbocycles. The quantitative estimate of drug-likeness (QED) is 0.274. The third kappa shape index (κ3) is 262. The van der Waals surface area contributed by atoms with Crippen LogP contribution in [0.4, 0.5) is 0 Å². The van der Waals surface area contributed by atoms with E-state index in [1.54, 1.807) is 0 Å². The molecule has 0 saturated heterocycles. The van der Waals surface area contributed by atoms with E-state index < -0.39 is 18.1 Å². The van der Waals surface area contributed by atoms with Gasteiger partial charge in [-0.1, -0.05) is 0 Å². The molecule has 0 aliphatic heterocycles. The van der Waals surface area contributed by atoms with Crippen LogP contribution in [-0.2, 0) is 130 Å². The molecule has 104 valence electrons. The van der Waals surface area contributed by atoms with Gasteiger partial charge in [0, 0.05) is 0 Å². The maximum Gasteiger partial charge on any atom is 1.00 e. The predicted octanol–water partition coefficient (Wildman–Crippen LogP) is -2.02. The van der Waals surface area contributed by atoms with Gasteiger partial charge < -0.3 is 18.2 Å². The molecule has 0 heterocycles. The molecular formula is Ag4O6S4. The average molecular weight is 656 g/mol. The van der Waals surface area contributed by atoms with Crippen LogP contribution in [-0.4, -0.2) is 26.6 Å². The second-order valence-corrected chi connectivity index (χ2v) is 4.90. The minimum Gasteiger partial charge on any atom is -0.780 e. The summed E-state index contributed by atoms with van der Waals surface area (Å²) in [5.41, 5.74) is 0. The van der Waals surface area contributed by atoms with Crippen molar-refractivity contribution in [3.05, 3.63) is 0 Å². The molecule has 14 heavy (non-hydrogen) atoms. The SMILES string of the molecule is O=S([O-])([O-])=S.O=S([O-])([O-])=S.[Ag+].[Ag+].[Ag+].[Ag+]. The average Bonchev–Trinajstić information content (AvgIpc) is 1.12. The first-order valence-corrected chi connectivity index (χ1v) is 6.00. The van der Waals surface area contributed by atoms with Gasteiger partial charge in [0.15, 0.2) is 0 Å². The monoisotopic (exact) mass is 651 g/mol. The molecule has 0 aromatic carbocycles. The van der Waals surface area contributed by atoms with Crippen molar-refractivity contribution in [2.45, 2.75) is 0 Å². The molecule has 0 bridgehead atoms. The Morgan fingerprint density at radius 2 is 0.643 bits per heavy atom. The summed E-state index contributed by atoms with van der Waals surface area (Å²) in [5, 5.41) is 0. The van der Waals surface area contributed by atoms with E-state index in [0.717, 1.165) is 0 Å². The van der Waals surface area contributed by atoms with Gasteiger partial charge in [-0.15, -0.1) is 18.1 Å². The van der Waals surface area contributed by atoms with E-state index in [0.29, 0.717) is 0 Å². The Morgan fingerprint density at radius 3 is 0.643 bits per heavy atom. The van der Waals surface area contributed by atoms with Crippen molar-refractivity contribution < 1.29 is 116 Å². The fourth-order valence-corrected chi connectivity index (χ4v) is 0. The van der Waals surface area contributed by atoms with Crippen LogP contribution in [0.5, 0.6) is 0 Å². The summed E-state index contributed by atoms with van der Waals surface area (Å²) in [6, 6.07) is 0. The van der Waals surface area contributed by atoms with Crippen molar-refractivity contribution >= 4 is 40.5 Å². The number of hydrogen-bond donors (Lipinski definition) is 0. The van der Waals surface area contributed by atoms with E-state index in [9.17, 15) is 0 Å². The van der Waals surface area contributed by atoms with E-state index in [-0.39, 0.29) is 89.5 Å². The molecule has 0 fully saturated rings. The molecule has 0 rings (SSSR count). The summed E-state index contributed by atoms with van der Waals surface area (Å²) in [5.74, 6) is 0. The smallest absolute Gasteiger partial charge is 0.780 e. The second-order valence-electron chi connectivity index (χ2n) is 0.816. The van der Waals surface area contributed by atoms with E-state index in [2.05, 4.69) is 22.4 Å². The molecule has 0 aliphatic rings. The summed E-state index contributed by atoms with van der Waals surface area (Å²) >= 11 is 6.49. The van der Waals surface area contributed by atoms with Gasteiger partial charge in [0.05, 0.1) is 0 Å². The van der Waals surface area contributed by atoms with Crippen molar-refractivity contribution in [1.29, 1.82) is 0 Å². The standard InChI is InChI=1S/4Ag.2H2O3S2/c;;;;2*1-5(2,3)4/h;;;;2*(H2,1,2,3,4)/q4*+1;;/p-4. The summed E-state index contributed by atoms with van der Waals surface area (Å²) in [4.78, 5) is 0. The maximum atomic E-state index is 8.89. The van der Waals surface area contributed by atoms with Gasteiger partial charge in [0.25, 0.3) is 0 Å². The largest absolute Gasteiger partial charge is 1.00 e. The molecule has 0 N–H and O–H groups in total. The van der Waals surface area contributed by atoms with Gasteiger partial charge in [0.2, 0.25) is 0 Å². The van der Waals surface area contributed by atoms with E-state index in [4.69, 9.17) is 26.6 Å². The molecule has 0 unspecified atom stereocenters. The Bertz CT molecular complexity index is 218. The van der Waals surface area contributed by atoms with Crippen LogP contribution < -0.4 is 0 Å². The van der Waals surface area contributed by atoms with Gasteiger partial charge >= 0.3 is 89.5 Å². The van der Waals surface area contributed by atoms with Crippen molar-refractivity contribution in [3.8, 4) is 0 Å². The maximum absolute atomic E-state index is 8.89. The third-order valence-electron chi connectivity index (χ3n) is 0. The predicted molar refractivity (Wildman–Crippen MR) is 34.1 cm³/mol. The van der Waals surface area contributed by atoms with Gasteiger partial charge in [-0.05, 0) is 22.4 Å². The number of rotatable bonds is 0. The molecule has 0 aromatic rings. The first-order chi connectivity index (χ1) is 4.00. The summed E-state index contributed by atoms with van der Waals surface area (Å²) < 4.78 is 53.3. The zero-order valence-corrected chi connectivity index (χ0v) is 14.5. The van der Waals surface area contributed by atoms with Crippen LogP contribution in [0.25, 0.3) is 0 Å². The summed E-state index contributed by atoms with van der Waals surface area (Å²) in [7, 11) is -8.67. The first-order valence-electron chi connectivity index (χ1n) is 1.33. The second kappa shape index (κ2) is 16.5. The zero-order chi connectivity index (χ0) is 9.00. The van der Waals surface area contributed by atoms with Gasteiger partial charge in [0.1, 0.15) is 0 Å². The zero-order valence-electron chi connectivity index (χ0n) is 5.29. The topological polar surface area (TPSA) is 126 Å². The van der Waals surface area contributed by atoms with Gasteiger partial charge in [-0.3, -0.25) is 8.42 Å². The Balaban J connectivity index is -0.0000000178. The van der Waals surface area contributed by atoms with Crippen molar-refractivity contribution in [2.24, 2.45) is 0 Å². The van der Waals surface area contributed by atoms with Crippen LogP contribution in [0.3, 0.4) is 0 Å². The van der Waals surface area contributed by atoms with Crippen molar-refractivity contribution in [1.82, 2.24) is 0 Å². The van der Waals surface area contributed by atoms with Gasteiger partial charge in [-0.25, -0.2) is 0 Å². The third-order valence-corrected chi connectivity index (χ3v) is 0. The Kier molecular flexibility index (Phi) is 42.6. The fraction of sp³-hybridized carbons (Fsp3) is 0. The molecule has 0 amide bonds. The van der Waals surface area contributed by atoms with E-state index >= 15 is 0 Å². The normalized spacial score (nSPS) is 8.29. The van der Waals surface area contributed by atoms with Crippen LogP contribution in [0.1, 0.15) is 0 Å². The molecule has 6 nitrogen and oxygen atoms in total. The van der Waals surface area contributed by atoms with Gasteiger partial charge in [-0.2, -0.15) is 0 Å². The van der Waals surface area contributed by atoms with Crippen molar-refractivity contribution in [2.75, 3.05) is 0 Å². The molecule has 0 atom stereocenters. The minimum absolute atomic E-state index is 0. The molecule has 0 aliphatic carbocycles. The van der Waals surface area contributed by atoms with Crippen LogP contribution in [0, 0.1) is 0 Å². The van der Waals surface area contributed by atoms with E-state index in [1.165, 1.54) is 0 Å². The summed E-state index contributed by atoms with van der Waals surface area (Å²) in [6.07, 6.45) is 0. The van der Waals surface area contributed by atoms with Crippen LogP contribution in [0.2, 0.25) is 0 Å². The Labute approximate surface area is 154 Å². The summed E-state index contributed by atoms with van der Waals surface area (Å²) in [6.45, 7) is 0. The molecular weight excluding hydrogens is 656 g/mol. The fourth-order valence-electron chi connectivity index (χ4n) is 0. The molecule has 14 heteroatoms. The minimum atomic E-state index is -4.33. The van der Waals surface area contributed by atoms with Crippen LogP contribution in [0.15, 0.2) is 0 Å². The Morgan fingerprint density at radius 1 is 0.643 bits per heavy atom.